The summed E-state index contributed by atoms with van der Waals surface area (Å²) in [4.78, 5) is 31.1. The number of anilines is 2. The van der Waals surface area contributed by atoms with Gasteiger partial charge < -0.3 is 10.6 Å². The third kappa shape index (κ3) is 3.13. The van der Waals surface area contributed by atoms with Crippen LogP contribution in [0.25, 0.3) is 10.2 Å². The van der Waals surface area contributed by atoms with Crippen LogP contribution in [-0.4, -0.2) is 38.6 Å². The van der Waals surface area contributed by atoms with Crippen molar-refractivity contribution in [3.05, 3.63) is 27.6 Å². The second-order valence-corrected chi connectivity index (χ2v) is 6.85. The Balaban J connectivity index is 1.89. The molecule has 2 N–H and O–H groups in total. The van der Waals surface area contributed by atoms with Gasteiger partial charge in [-0.3, -0.25) is 9.36 Å². The predicted molar refractivity (Wildman–Crippen MR) is 93.0 cm³/mol. The average molecular weight is 349 g/mol. The fraction of sp³-hybridized carbons (Fsp3) is 0.308. The maximum atomic E-state index is 12.3. The molecule has 3 aromatic heterocycles. The van der Waals surface area contributed by atoms with Crippen LogP contribution in [0.3, 0.4) is 0 Å². The topological polar surface area (TPSA) is 103 Å². The lowest BCUT2D eigenvalue weighted by molar-refractivity contribution is 0.727. The van der Waals surface area contributed by atoms with Gasteiger partial charge in [-0.2, -0.15) is 15.0 Å². The molecule has 23 heavy (non-hydrogen) atoms. The van der Waals surface area contributed by atoms with Gasteiger partial charge in [-0.25, -0.2) is 4.98 Å². The maximum Gasteiger partial charge on any atom is 0.271 e. The van der Waals surface area contributed by atoms with Gasteiger partial charge in [-0.1, -0.05) is 11.8 Å². The predicted octanol–water partition coefficient (Wildman–Crippen LogP) is 1.12. The molecule has 0 radical (unpaired) electrons. The fourth-order valence-corrected chi connectivity index (χ4v) is 3.55. The molecule has 0 aliphatic rings. The average Bonchev–Trinajstić information content (AvgIpc) is 2.97. The van der Waals surface area contributed by atoms with Gasteiger partial charge in [0.1, 0.15) is 10.5 Å². The highest BCUT2D eigenvalue weighted by atomic mass is 32.2. The number of rotatable bonds is 4. The Bertz CT molecular complexity index is 918. The Hall–Kier alpha value is -2.20. The van der Waals surface area contributed by atoms with E-state index >= 15 is 0 Å². The normalized spacial score (nSPS) is 11.1. The summed E-state index contributed by atoms with van der Waals surface area (Å²) in [6, 6.07) is 1.84. The monoisotopic (exact) mass is 349 g/mol. The summed E-state index contributed by atoms with van der Waals surface area (Å²) in [5.41, 5.74) is 6.38. The van der Waals surface area contributed by atoms with Gasteiger partial charge in [0.05, 0.1) is 11.3 Å². The molecule has 0 bridgehead atoms. The number of thiophene rings is 1. The minimum Gasteiger partial charge on any atom is -0.368 e. The Morgan fingerprint density at radius 3 is 2.83 bits per heavy atom. The van der Waals surface area contributed by atoms with Crippen molar-refractivity contribution in [2.24, 2.45) is 7.05 Å². The summed E-state index contributed by atoms with van der Waals surface area (Å²) in [6.45, 7) is 0. The van der Waals surface area contributed by atoms with Gasteiger partial charge in [-0.15, -0.1) is 11.3 Å². The van der Waals surface area contributed by atoms with Gasteiger partial charge >= 0.3 is 0 Å². The molecule has 8 nitrogen and oxygen atoms in total. The molecule has 3 rings (SSSR count). The Morgan fingerprint density at radius 1 is 1.30 bits per heavy atom. The summed E-state index contributed by atoms with van der Waals surface area (Å²) < 4.78 is 2.21. The molecule has 0 spiro atoms. The Morgan fingerprint density at radius 2 is 2.09 bits per heavy atom. The lowest BCUT2D eigenvalue weighted by Gasteiger charge is -2.11. The first-order valence-electron chi connectivity index (χ1n) is 6.70. The van der Waals surface area contributed by atoms with Gasteiger partial charge in [0.2, 0.25) is 11.9 Å². The van der Waals surface area contributed by atoms with Crippen molar-refractivity contribution in [2.75, 3.05) is 24.7 Å². The van der Waals surface area contributed by atoms with Crippen LogP contribution in [0.5, 0.6) is 0 Å². The van der Waals surface area contributed by atoms with Crippen molar-refractivity contribution in [2.45, 2.75) is 10.9 Å². The van der Waals surface area contributed by atoms with E-state index in [4.69, 9.17) is 5.73 Å². The van der Waals surface area contributed by atoms with Crippen molar-refractivity contribution in [1.82, 2.24) is 24.5 Å². The summed E-state index contributed by atoms with van der Waals surface area (Å²) in [7, 11) is 5.38. The zero-order valence-electron chi connectivity index (χ0n) is 12.8. The first-order chi connectivity index (χ1) is 11.0. The number of nitrogens with zero attached hydrogens (tertiary/aromatic N) is 6. The number of thioether (sulfide) groups is 1. The Kier molecular flexibility index (Phi) is 4.18. The molecular formula is C13H15N7OS2. The SMILES string of the molecule is CN(C)c1nc(N)nc(CSc2nc3ccsc3c(=O)n2C)n1. The molecule has 10 heteroatoms. The molecular weight excluding hydrogens is 334 g/mol. The van der Waals surface area contributed by atoms with Gasteiger partial charge in [0.25, 0.3) is 5.56 Å². The van der Waals surface area contributed by atoms with Crippen LogP contribution in [0.15, 0.2) is 21.4 Å². The van der Waals surface area contributed by atoms with Crippen LogP contribution in [0.1, 0.15) is 5.82 Å². The van der Waals surface area contributed by atoms with Crippen molar-refractivity contribution in [3.63, 3.8) is 0 Å². The molecule has 120 valence electrons. The number of hydrogen-bond acceptors (Lipinski definition) is 9. The van der Waals surface area contributed by atoms with Gasteiger partial charge in [0, 0.05) is 21.1 Å². The molecule has 0 aromatic carbocycles. The van der Waals surface area contributed by atoms with Crippen molar-refractivity contribution in [3.8, 4) is 0 Å². The number of nitrogen functional groups attached to an aromatic ring is 1. The summed E-state index contributed by atoms with van der Waals surface area (Å²) in [5, 5.41) is 2.48. The third-order valence-corrected chi connectivity index (χ3v) is 4.98. The minimum absolute atomic E-state index is 0.0448. The van der Waals surface area contributed by atoms with E-state index < -0.39 is 0 Å². The van der Waals surface area contributed by atoms with E-state index in [1.807, 2.05) is 25.5 Å². The summed E-state index contributed by atoms with van der Waals surface area (Å²) in [5.74, 6) is 1.67. The minimum atomic E-state index is -0.0448. The lowest BCUT2D eigenvalue weighted by Crippen LogP contribution is -2.19. The zero-order chi connectivity index (χ0) is 16.6. The second-order valence-electron chi connectivity index (χ2n) is 4.99. The fourth-order valence-electron chi connectivity index (χ4n) is 1.92. The van der Waals surface area contributed by atoms with E-state index in [1.54, 1.807) is 16.5 Å². The molecule has 0 atom stereocenters. The van der Waals surface area contributed by atoms with E-state index in [-0.39, 0.29) is 11.5 Å². The highest BCUT2D eigenvalue weighted by Gasteiger charge is 2.12. The molecule has 3 heterocycles. The second kappa shape index (κ2) is 6.13. The summed E-state index contributed by atoms with van der Waals surface area (Å²) in [6.07, 6.45) is 0. The van der Waals surface area contributed by atoms with Crippen LogP contribution in [-0.2, 0) is 12.8 Å². The molecule has 0 fully saturated rings. The van der Waals surface area contributed by atoms with Crippen LogP contribution in [0.4, 0.5) is 11.9 Å². The van der Waals surface area contributed by atoms with Crippen molar-refractivity contribution in [1.29, 1.82) is 0 Å². The standard InChI is InChI=1S/C13H15N7OS2/c1-19(2)12-17-8(16-11(14)18-12)6-23-13-15-7-4-5-22-9(7)10(21)20(13)3/h4-5H,6H2,1-3H3,(H2,14,16,17,18). The lowest BCUT2D eigenvalue weighted by atomic mass is 10.5. The molecule has 3 aromatic rings. The van der Waals surface area contributed by atoms with E-state index in [0.717, 1.165) is 0 Å². The number of aromatic nitrogens is 5. The zero-order valence-corrected chi connectivity index (χ0v) is 14.5. The van der Waals surface area contributed by atoms with Crippen LogP contribution < -0.4 is 16.2 Å². The van der Waals surface area contributed by atoms with E-state index in [1.165, 1.54) is 23.1 Å². The van der Waals surface area contributed by atoms with Crippen molar-refractivity contribution >= 4 is 45.2 Å². The smallest absolute Gasteiger partial charge is 0.271 e. The van der Waals surface area contributed by atoms with Crippen LogP contribution >= 0.6 is 23.1 Å². The quantitative estimate of drug-likeness (QED) is 0.552. The summed E-state index contributed by atoms with van der Waals surface area (Å²) >= 11 is 2.79. The maximum absolute atomic E-state index is 12.3. The molecule has 0 amide bonds. The molecule has 0 aliphatic heterocycles. The largest absolute Gasteiger partial charge is 0.368 e. The highest BCUT2D eigenvalue weighted by Crippen LogP contribution is 2.22. The molecule has 0 aliphatic carbocycles. The first kappa shape index (κ1) is 15.7. The van der Waals surface area contributed by atoms with Crippen LogP contribution in [0, 0.1) is 0 Å². The Labute approximate surface area is 140 Å². The third-order valence-electron chi connectivity index (χ3n) is 3.06. The molecule has 0 unspecified atom stereocenters. The molecule has 0 saturated carbocycles. The van der Waals surface area contributed by atoms with Crippen LogP contribution in [0.2, 0.25) is 0 Å². The number of hydrogen-bond donors (Lipinski definition) is 1. The van der Waals surface area contributed by atoms with E-state index in [9.17, 15) is 4.79 Å². The number of fused-ring (bicyclic) bond motifs is 1. The number of nitrogens with two attached hydrogens (primary N) is 1. The van der Waals surface area contributed by atoms with Gasteiger partial charge in [-0.05, 0) is 11.4 Å². The highest BCUT2D eigenvalue weighted by molar-refractivity contribution is 7.98. The van der Waals surface area contributed by atoms with E-state index in [2.05, 4.69) is 19.9 Å². The van der Waals surface area contributed by atoms with E-state index in [0.29, 0.717) is 32.9 Å². The van der Waals surface area contributed by atoms with Gasteiger partial charge in [0.15, 0.2) is 5.16 Å². The first-order valence-corrected chi connectivity index (χ1v) is 8.57. The van der Waals surface area contributed by atoms with Crippen molar-refractivity contribution < 1.29 is 0 Å². The molecule has 0 saturated heterocycles.